The van der Waals surface area contributed by atoms with Crippen LogP contribution in [0.1, 0.15) is 20.3 Å². The molecule has 0 radical (unpaired) electrons. The third kappa shape index (κ3) is 4.19. The van der Waals surface area contributed by atoms with Crippen LogP contribution in [0.25, 0.3) is 0 Å². The fraction of sp³-hybridized carbons (Fsp3) is 0.667. The molecule has 0 aromatic carbocycles. The topological polar surface area (TPSA) is 58.3 Å². The molecule has 0 saturated heterocycles. The summed E-state index contributed by atoms with van der Waals surface area (Å²) in [4.78, 5) is 12.7. The Hall–Kier alpha value is -1.36. The van der Waals surface area contributed by atoms with E-state index in [9.17, 15) is 0 Å². The molecule has 1 heterocycles. The molecule has 96 valence electrons. The fourth-order valence-corrected chi connectivity index (χ4v) is 1.73. The van der Waals surface area contributed by atoms with E-state index in [2.05, 4.69) is 26.7 Å². The second kappa shape index (κ2) is 6.39. The first-order chi connectivity index (χ1) is 8.04. The Kier molecular flexibility index (Phi) is 5.15. The Labute approximate surface area is 104 Å². The molecule has 1 aromatic heterocycles. The summed E-state index contributed by atoms with van der Waals surface area (Å²) in [5, 5.41) is 0. The molecular formula is C12H23N5. The monoisotopic (exact) mass is 237 g/mol. The van der Waals surface area contributed by atoms with Crippen molar-refractivity contribution in [3.05, 3.63) is 12.4 Å². The number of likely N-dealkylation sites (N-methyl/N-ethyl adjacent to an activating group) is 1. The Bertz CT molecular complexity index is 339. The molecule has 0 aliphatic rings. The van der Waals surface area contributed by atoms with Crippen molar-refractivity contribution in [1.82, 2.24) is 9.97 Å². The van der Waals surface area contributed by atoms with Crippen LogP contribution in [0, 0.1) is 0 Å². The predicted octanol–water partition coefficient (Wildman–Crippen LogP) is 1.11. The van der Waals surface area contributed by atoms with Crippen LogP contribution in [-0.2, 0) is 0 Å². The lowest BCUT2D eigenvalue weighted by Gasteiger charge is -2.22. The highest BCUT2D eigenvalue weighted by molar-refractivity contribution is 5.49. The minimum absolute atomic E-state index is 0.131. The molecular weight excluding hydrogens is 214 g/mol. The van der Waals surface area contributed by atoms with E-state index in [0.717, 1.165) is 31.1 Å². The average Bonchev–Trinajstić information content (AvgIpc) is 2.28. The van der Waals surface area contributed by atoms with Crippen molar-refractivity contribution in [2.24, 2.45) is 5.73 Å². The zero-order valence-electron chi connectivity index (χ0n) is 11.2. The second-order valence-corrected chi connectivity index (χ2v) is 4.51. The molecule has 5 heteroatoms. The minimum Gasteiger partial charge on any atom is -0.360 e. The normalized spacial score (nSPS) is 12.3. The molecule has 0 amide bonds. The highest BCUT2D eigenvalue weighted by atomic mass is 15.2. The molecule has 0 spiro atoms. The lowest BCUT2D eigenvalue weighted by atomic mass is 10.3. The quantitative estimate of drug-likeness (QED) is 0.803. The van der Waals surface area contributed by atoms with Gasteiger partial charge in [0.1, 0.15) is 18.0 Å². The van der Waals surface area contributed by atoms with Crippen molar-refractivity contribution in [3.63, 3.8) is 0 Å². The molecule has 1 aromatic rings. The van der Waals surface area contributed by atoms with E-state index in [4.69, 9.17) is 5.73 Å². The molecule has 1 unspecified atom stereocenters. The van der Waals surface area contributed by atoms with Crippen molar-refractivity contribution in [1.29, 1.82) is 0 Å². The number of anilines is 2. The van der Waals surface area contributed by atoms with Crippen molar-refractivity contribution in [2.75, 3.05) is 37.0 Å². The predicted molar refractivity (Wildman–Crippen MR) is 72.5 cm³/mol. The fourth-order valence-electron chi connectivity index (χ4n) is 1.73. The first kappa shape index (κ1) is 13.7. The molecule has 0 fully saturated rings. The van der Waals surface area contributed by atoms with Gasteiger partial charge in [-0.2, -0.15) is 0 Å². The van der Waals surface area contributed by atoms with Gasteiger partial charge in [0.25, 0.3) is 0 Å². The van der Waals surface area contributed by atoms with Gasteiger partial charge in [-0.15, -0.1) is 0 Å². The summed E-state index contributed by atoms with van der Waals surface area (Å²) < 4.78 is 0. The Morgan fingerprint density at radius 3 is 2.35 bits per heavy atom. The molecule has 0 saturated carbocycles. The van der Waals surface area contributed by atoms with Gasteiger partial charge in [0.2, 0.25) is 0 Å². The molecule has 1 rings (SSSR count). The summed E-state index contributed by atoms with van der Waals surface area (Å²) in [7, 11) is 4.04. The maximum atomic E-state index is 5.78. The van der Waals surface area contributed by atoms with Crippen LogP contribution < -0.4 is 15.5 Å². The summed E-state index contributed by atoms with van der Waals surface area (Å²) in [5.74, 6) is 1.86. The minimum atomic E-state index is 0.131. The molecule has 0 aliphatic heterocycles. The lowest BCUT2D eigenvalue weighted by Crippen LogP contribution is -2.33. The summed E-state index contributed by atoms with van der Waals surface area (Å²) in [6.45, 7) is 5.92. The van der Waals surface area contributed by atoms with E-state index in [1.807, 2.05) is 27.1 Å². The van der Waals surface area contributed by atoms with E-state index >= 15 is 0 Å². The van der Waals surface area contributed by atoms with Crippen LogP contribution >= 0.6 is 0 Å². The second-order valence-electron chi connectivity index (χ2n) is 4.51. The maximum absolute atomic E-state index is 5.78. The largest absolute Gasteiger partial charge is 0.360 e. The van der Waals surface area contributed by atoms with E-state index in [-0.39, 0.29) is 6.04 Å². The van der Waals surface area contributed by atoms with Crippen LogP contribution in [-0.4, -0.2) is 43.2 Å². The van der Waals surface area contributed by atoms with Gasteiger partial charge < -0.3 is 15.5 Å². The molecule has 1 atom stereocenters. The van der Waals surface area contributed by atoms with Gasteiger partial charge in [0, 0.05) is 39.3 Å². The Morgan fingerprint density at radius 1 is 1.24 bits per heavy atom. The first-order valence-electron chi connectivity index (χ1n) is 6.04. The van der Waals surface area contributed by atoms with Gasteiger partial charge in [-0.25, -0.2) is 9.97 Å². The van der Waals surface area contributed by atoms with Gasteiger partial charge in [0.15, 0.2) is 0 Å². The van der Waals surface area contributed by atoms with Gasteiger partial charge >= 0.3 is 0 Å². The molecule has 0 aliphatic carbocycles. The van der Waals surface area contributed by atoms with E-state index < -0.39 is 0 Å². The molecule has 17 heavy (non-hydrogen) atoms. The maximum Gasteiger partial charge on any atom is 0.133 e. The van der Waals surface area contributed by atoms with Crippen LogP contribution in [0.4, 0.5) is 11.6 Å². The zero-order valence-corrected chi connectivity index (χ0v) is 11.2. The third-order valence-corrected chi connectivity index (χ3v) is 2.54. The molecule has 0 bridgehead atoms. The van der Waals surface area contributed by atoms with Gasteiger partial charge in [-0.3, -0.25) is 0 Å². The van der Waals surface area contributed by atoms with Gasteiger partial charge in [-0.05, 0) is 13.3 Å². The number of nitrogens with two attached hydrogens (primary N) is 1. The number of rotatable bonds is 6. The number of nitrogens with zero attached hydrogens (tertiary/aromatic N) is 4. The van der Waals surface area contributed by atoms with Crippen molar-refractivity contribution in [3.8, 4) is 0 Å². The van der Waals surface area contributed by atoms with Crippen LogP contribution in [0.3, 0.4) is 0 Å². The highest BCUT2D eigenvalue weighted by Gasteiger charge is 2.08. The van der Waals surface area contributed by atoms with E-state index in [1.165, 1.54) is 0 Å². The summed E-state index contributed by atoms with van der Waals surface area (Å²) in [6.07, 6.45) is 2.71. The standard InChI is InChI=1S/C12H23N5/c1-5-6-16(3)11-7-12(15-9-14-11)17(4)8-10(2)13/h7,9-10H,5-6,8,13H2,1-4H3. The van der Waals surface area contributed by atoms with Crippen molar-refractivity contribution >= 4 is 11.6 Å². The number of hydrogen-bond acceptors (Lipinski definition) is 5. The average molecular weight is 237 g/mol. The van der Waals surface area contributed by atoms with Gasteiger partial charge in [-0.1, -0.05) is 6.92 Å². The highest BCUT2D eigenvalue weighted by Crippen LogP contribution is 2.15. The molecule has 2 N–H and O–H groups in total. The van der Waals surface area contributed by atoms with E-state index in [1.54, 1.807) is 6.33 Å². The Morgan fingerprint density at radius 2 is 1.82 bits per heavy atom. The number of aromatic nitrogens is 2. The third-order valence-electron chi connectivity index (χ3n) is 2.54. The Balaban J connectivity index is 2.77. The summed E-state index contributed by atoms with van der Waals surface area (Å²) in [5.41, 5.74) is 5.78. The smallest absolute Gasteiger partial charge is 0.133 e. The SMILES string of the molecule is CCCN(C)c1cc(N(C)CC(C)N)ncn1. The number of hydrogen-bond donors (Lipinski definition) is 1. The zero-order chi connectivity index (χ0) is 12.8. The van der Waals surface area contributed by atoms with Crippen LogP contribution in [0.15, 0.2) is 12.4 Å². The molecule has 5 nitrogen and oxygen atoms in total. The summed E-state index contributed by atoms with van der Waals surface area (Å²) in [6, 6.07) is 2.13. The van der Waals surface area contributed by atoms with Crippen LogP contribution in [0.2, 0.25) is 0 Å². The van der Waals surface area contributed by atoms with E-state index in [0.29, 0.717) is 0 Å². The lowest BCUT2D eigenvalue weighted by molar-refractivity contribution is 0.710. The van der Waals surface area contributed by atoms with Crippen molar-refractivity contribution < 1.29 is 0 Å². The first-order valence-corrected chi connectivity index (χ1v) is 6.04. The summed E-state index contributed by atoms with van der Waals surface area (Å²) >= 11 is 0. The van der Waals surface area contributed by atoms with Gasteiger partial charge in [0.05, 0.1) is 0 Å². The van der Waals surface area contributed by atoms with Crippen LogP contribution in [0.5, 0.6) is 0 Å². The van der Waals surface area contributed by atoms with Crippen molar-refractivity contribution in [2.45, 2.75) is 26.3 Å².